The number of hydrogen-bond acceptors (Lipinski definition) is 2. The van der Waals surface area contributed by atoms with Gasteiger partial charge in [-0.3, -0.25) is 4.98 Å². The van der Waals surface area contributed by atoms with Gasteiger partial charge in [0, 0.05) is 11.6 Å². The van der Waals surface area contributed by atoms with Crippen LogP contribution in [-0.2, 0) is 6.42 Å². The monoisotopic (exact) mass is 268 g/mol. The van der Waals surface area contributed by atoms with Gasteiger partial charge >= 0.3 is 0 Å². The molecule has 0 saturated heterocycles. The quantitative estimate of drug-likeness (QED) is 0.732. The molecule has 0 fully saturated rings. The summed E-state index contributed by atoms with van der Waals surface area (Å²) in [5.74, 6) is 0. The molecule has 0 N–H and O–H groups in total. The summed E-state index contributed by atoms with van der Waals surface area (Å²) >= 11 is 0. The lowest BCUT2D eigenvalue weighted by Crippen LogP contribution is -2.12. The zero-order valence-electron chi connectivity index (χ0n) is 12.8. The van der Waals surface area contributed by atoms with Crippen molar-refractivity contribution in [2.45, 2.75) is 26.2 Å². The molecule has 0 radical (unpaired) electrons. The van der Waals surface area contributed by atoms with E-state index in [-0.39, 0.29) is 0 Å². The number of aromatic nitrogens is 1. The molecule has 1 heterocycles. The number of nitrogens with zero attached hydrogens (tertiary/aromatic N) is 2. The summed E-state index contributed by atoms with van der Waals surface area (Å²) in [4.78, 5) is 6.68. The number of unbranched alkanes of at least 4 members (excludes halogenated alkanes) is 1. The molecule has 0 aliphatic carbocycles. The van der Waals surface area contributed by atoms with Crippen LogP contribution in [0.15, 0.2) is 37.0 Å². The molecule has 0 aliphatic rings. The first-order valence-corrected chi connectivity index (χ1v) is 7.26. The lowest BCUT2D eigenvalue weighted by molar-refractivity contribution is 0.394. The van der Waals surface area contributed by atoms with Crippen LogP contribution in [0.1, 0.15) is 30.9 Å². The Kier molecular flexibility index (Phi) is 4.91. The van der Waals surface area contributed by atoms with Gasteiger partial charge in [0.25, 0.3) is 0 Å². The van der Waals surface area contributed by atoms with Crippen molar-refractivity contribution in [1.82, 2.24) is 9.88 Å². The van der Waals surface area contributed by atoms with Gasteiger partial charge in [-0.25, -0.2) is 0 Å². The molecular formula is C18H24N2. The average molecular weight is 268 g/mol. The first kappa shape index (κ1) is 14.7. The van der Waals surface area contributed by atoms with Gasteiger partial charge in [-0.1, -0.05) is 18.2 Å². The minimum atomic E-state index is 1.06. The maximum atomic E-state index is 4.44. The van der Waals surface area contributed by atoms with Gasteiger partial charge in [0.05, 0.1) is 5.52 Å². The summed E-state index contributed by atoms with van der Waals surface area (Å²) in [5.41, 5.74) is 4.77. The van der Waals surface area contributed by atoms with E-state index in [4.69, 9.17) is 0 Å². The van der Waals surface area contributed by atoms with Crippen LogP contribution in [-0.4, -0.2) is 30.5 Å². The third kappa shape index (κ3) is 3.67. The molecular weight excluding hydrogens is 244 g/mol. The first-order chi connectivity index (χ1) is 9.58. The van der Waals surface area contributed by atoms with Crippen LogP contribution < -0.4 is 0 Å². The molecule has 0 bridgehead atoms. The van der Waals surface area contributed by atoms with Gasteiger partial charge in [-0.05, 0) is 76.2 Å². The van der Waals surface area contributed by atoms with E-state index in [1.54, 1.807) is 0 Å². The average Bonchev–Trinajstić information content (AvgIpc) is 2.42. The predicted molar refractivity (Wildman–Crippen MR) is 87.9 cm³/mol. The summed E-state index contributed by atoms with van der Waals surface area (Å²) < 4.78 is 0. The summed E-state index contributed by atoms with van der Waals surface area (Å²) in [6.45, 7) is 7.28. The van der Waals surface area contributed by atoms with Crippen molar-refractivity contribution in [1.29, 1.82) is 0 Å². The maximum absolute atomic E-state index is 4.44. The Labute approximate surface area is 122 Å². The van der Waals surface area contributed by atoms with Crippen molar-refractivity contribution in [2.75, 3.05) is 20.6 Å². The highest BCUT2D eigenvalue weighted by Gasteiger charge is 2.04. The van der Waals surface area contributed by atoms with Gasteiger partial charge in [-0.2, -0.15) is 0 Å². The molecule has 0 unspecified atom stereocenters. The van der Waals surface area contributed by atoms with Gasteiger partial charge in [0.2, 0.25) is 0 Å². The van der Waals surface area contributed by atoms with Crippen LogP contribution in [0.3, 0.4) is 0 Å². The Hall–Kier alpha value is -1.67. The third-order valence-electron chi connectivity index (χ3n) is 3.59. The molecule has 1 aromatic carbocycles. The normalized spacial score (nSPS) is 11.2. The van der Waals surface area contributed by atoms with Crippen molar-refractivity contribution in [3.05, 3.63) is 48.2 Å². The van der Waals surface area contributed by atoms with Crippen molar-refractivity contribution in [3.8, 4) is 0 Å². The fraction of sp³-hybridized carbons (Fsp3) is 0.389. The van der Waals surface area contributed by atoms with Gasteiger partial charge < -0.3 is 4.90 Å². The Bertz CT molecular complexity index is 599. The summed E-state index contributed by atoms with van der Waals surface area (Å²) in [6, 6.07) is 8.67. The minimum Gasteiger partial charge on any atom is -0.309 e. The molecule has 2 heteroatoms. The van der Waals surface area contributed by atoms with E-state index in [0.717, 1.165) is 24.1 Å². The number of pyridine rings is 1. The molecule has 1 aromatic heterocycles. The molecule has 0 atom stereocenters. The number of allylic oxidation sites excluding steroid dienone is 1. The van der Waals surface area contributed by atoms with Crippen molar-refractivity contribution < 1.29 is 0 Å². The van der Waals surface area contributed by atoms with Gasteiger partial charge in [-0.15, -0.1) is 0 Å². The van der Waals surface area contributed by atoms with Crippen molar-refractivity contribution in [2.24, 2.45) is 0 Å². The van der Waals surface area contributed by atoms with E-state index in [2.05, 4.69) is 61.7 Å². The second kappa shape index (κ2) is 6.67. The van der Waals surface area contributed by atoms with Crippen LogP contribution >= 0.6 is 0 Å². The number of rotatable bonds is 6. The molecule has 2 nitrogen and oxygen atoms in total. The number of benzene rings is 1. The smallest absolute Gasteiger partial charge is 0.0708 e. The highest BCUT2D eigenvalue weighted by molar-refractivity contribution is 5.90. The minimum absolute atomic E-state index is 1.06. The molecule has 0 amide bonds. The largest absolute Gasteiger partial charge is 0.309 e. The Morgan fingerprint density at radius 3 is 2.70 bits per heavy atom. The van der Waals surface area contributed by atoms with E-state index in [1.807, 2.05) is 6.20 Å². The van der Waals surface area contributed by atoms with Gasteiger partial charge in [0.15, 0.2) is 0 Å². The van der Waals surface area contributed by atoms with E-state index in [0.29, 0.717) is 0 Å². The Morgan fingerprint density at radius 1 is 1.20 bits per heavy atom. The second-order valence-electron chi connectivity index (χ2n) is 5.75. The number of fused-ring (bicyclic) bond motifs is 1. The molecule has 2 rings (SSSR count). The lowest BCUT2D eigenvalue weighted by Gasteiger charge is -2.10. The van der Waals surface area contributed by atoms with E-state index in [1.165, 1.54) is 29.4 Å². The Morgan fingerprint density at radius 2 is 2.00 bits per heavy atom. The van der Waals surface area contributed by atoms with Crippen LogP contribution in [0.4, 0.5) is 0 Å². The highest BCUT2D eigenvalue weighted by Crippen LogP contribution is 2.24. The summed E-state index contributed by atoms with van der Waals surface area (Å²) in [6.07, 6.45) is 5.47. The molecule has 20 heavy (non-hydrogen) atoms. The highest BCUT2D eigenvalue weighted by atomic mass is 15.0. The first-order valence-electron chi connectivity index (χ1n) is 7.26. The van der Waals surface area contributed by atoms with E-state index in [9.17, 15) is 0 Å². The second-order valence-corrected chi connectivity index (χ2v) is 5.75. The summed E-state index contributed by atoms with van der Waals surface area (Å²) in [5, 5.41) is 1.23. The fourth-order valence-electron chi connectivity index (χ4n) is 2.48. The number of aryl methyl sites for hydroxylation is 1. The topological polar surface area (TPSA) is 16.1 Å². The summed E-state index contributed by atoms with van der Waals surface area (Å²) in [7, 11) is 4.25. The molecule has 0 saturated carbocycles. The molecule has 106 valence electrons. The van der Waals surface area contributed by atoms with Crippen LogP contribution in [0.5, 0.6) is 0 Å². The lowest BCUT2D eigenvalue weighted by atomic mass is 10.00. The predicted octanol–water partition coefficient (Wildman–Crippen LogP) is 4.15. The Balaban J connectivity index is 2.15. The number of hydrogen-bond donors (Lipinski definition) is 0. The molecule has 2 aromatic rings. The maximum Gasteiger partial charge on any atom is 0.0708 e. The van der Waals surface area contributed by atoms with Crippen LogP contribution in [0, 0.1) is 0 Å². The third-order valence-corrected chi connectivity index (χ3v) is 3.59. The molecule has 0 spiro atoms. The zero-order chi connectivity index (χ0) is 14.5. The standard InChI is InChI=1S/C18H24N2/c1-14(2)16-10-11-19-18-9-8-15(13-17(16)18)7-5-6-12-20(3)4/h8-11,13H,1,5-7,12H2,2-4H3. The van der Waals surface area contributed by atoms with Crippen LogP contribution in [0.25, 0.3) is 16.5 Å². The van der Waals surface area contributed by atoms with E-state index >= 15 is 0 Å². The van der Waals surface area contributed by atoms with Crippen LogP contribution in [0.2, 0.25) is 0 Å². The van der Waals surface area contributed by atoms with Crippen molar-refractivity contribution >= 4 is 16.5 Å². The van der Waals surface area contributed by atoms with Crippen molar-refractivity contribution in [3.63, 3.8) is 0 Å². The van der Waals surface area contributed by atoms with Gasteiger partial charge in [0.1, 0.15) is 0 Å². The zero-order valence-corrected chi connectivity index (χ0v) is 12.8. The fourth-order valence-corrected chi connectivity index (χ4v) is 2.48. The molecule has 0 aliphatic heterocycles. The van der Waals surface area contributed by atoms with E-state index < -0.39 is 0 Å². The SMILES string of the molecule is C=C(C)c1ccnc2ccc(CCCCN(C)C)cc12.